The first-order chi connectivity index (χ1) is 8.24. The Bertz CT molecular complexity index is 183. The summed E-state index contributed by atoms with van der Waals surface area (Å²) in [7, 11) is 0. The van der Waals surface area contributed by atoms with E-state index in [9.17, 15) is 4.79 Å². The van der Waals surface area contributed by atoms with Crippen LogP contribution in [-0.4, -0.2) is 19.2 Å². The average Bonchev–Trinajstić information content (AvgIpc) is 2.35. The molecule has 0 radical (unpaired) electrons. The lowest BCUT2D eigenvalue weighted by Crippen LogP contribution is -2.27. The summed E-state index contributed by atoms with van der Waals surface area (Å²) in [4.78, 5) is 11.4. The Hall–Kier alpha value is -0.730. The van der Waals surface area contributed by atoms with Crippen molar-refractivity contribution in [2.75, 3.05) is 13.2 Å². The van der Waals surface area contributed by atoms with Crippen LogP contribution in [0.25, 0.3) is 0 Å². The number of amides is 1. The Kier molecular flexibility index (Phi) is 11.2. The molecule has 102 valence electrons. The van der Waals surface area contributed by atoms with Crippen molar-refractivity contribution in [2.24, 2.45) is 5.92 Å². The zero-order valence-corrected chi connectivity index (χ0v) is 11.8. The highest BCUT2D eigenvalue weighted by Gasteiger charge is 2.09. The lowest BCUT2D eigenvalue weighted by Gasteiger charge is -2.14. The quantitative estimate of drug-likeness (QED) is 0.586. The summed E-state index contributed by atoms with van der Waals surface area (Å²) < 4.78 is 5.22. The normalized spacial score (nSPS) is 12.2. The molecule has 17 heavy (non-hydrogen) atoms. The second-order valence-electron chi connectivity index (χ2n) is 4.65. The van der Waals surface area contributed by atoms with Crippen molar-refractivity contribution >= 4 is 6.09 Å². The molecule has 0 spiro atoms. The summed E-state index contributed by atoms with van der Waals surface area (Å²) >= 11 is 0. The van der Waals surface area contributed by atoms with E-state index in [0.29, 0.717) is 12.5 Å². The van der Waals surface area contributed by atoms with E-state index in [1.165, 1.54) is 19.3 Å². The topological polar surface area (TPSA) is 38.3 Å². The summed E-state index contributed by atoms with van der Waals surface area (Å²) in [5.74, 6) is 0.524. The molecule has 0 saturated heterocycles. The first-order valence-corrected chi connectivity index (χ1v) is 7.15. The molecule has 0 aliphatic carbocycles. The molecule has 0 fully saturated rings. The van der Waals surface area contributed by atoms with E-state index < -0.39 is 0 Å². The summed E-state index contributed by atoms with van der Waals surface area (Å²) in [5, 5.41) is 2.79. The van der Waals surface area contributed by atoms with Crippen LogP contribution in [0.5, 0.6) is 0 Å². The molecule has 0 aromatic heterocycles. The minimum absolute atomic E-state index is 0.254. The molecule has 0 heterocycles. The molecule has 1 N–H and O–H groups in total. The number of hydrogen-bond donors (Lipinski definition) is 1. The molecule has 0 aromatic carbocycles. The van der Waals surface area contributed by atoms with Gasteiger partial charge in [0.2, 0.25) is 0 Å². The molecule has 1 amide bonds. The molecule has 0 aliphatic rings. The number of unbranched alkanes of at least 4 members (excludes halogenated alkanes) is 3. The van der Waals surface area contributed by atoms with Gasteiger partial charge in [0.15, 0.2) is 0 Å². The van der Waals surface area contributed by atoms with Gasteiger partial charge in [-0.2, -0.15) is 0 Å². The fraction of sp³-hybridized carbons (Fsp3) is 0.929. The number of carbonyl (C=O) groups is 1. The van der Waals surface area contributed by atoms with Crippen LogP contribution in [-0.2, 0) is 4.74 Å². The Morgan fingerprint density at radius 2 is 1.82 bits per heavy atom. The van der Waals surface area contributed by atoms with Crippen molar-refractivity contribution in [3.05, 3.63) is 0 Å². The van der Waals surface area contributed by atoms with Gasteiger partial charge in [-0.1, -0.05) is 52.9 Å². The van der Waals surface area contributed by atoms with Crippen LogP contribution >= 0.6 is 0 Å². The van der Waals surface area contributed by atoms with Crippen LogP contribution in [0.15, 0.2) is 0 Å². The highest BCUT2D eigenvalue weighted by molar-refractivity contribution is 5.66. The van der Waals surface area contributed by atoms with Crippen molar-refractivity contribution in [3.63, 3.8) is 0 Å². The molecule has 3 heteroatoms. The molecule has 1 atom stereocenters. The van der Waals surface area contributed by atoms with E-state index in [2.05, 4.69) is 26.1 Å². The minimum Gasteiger partial charge on any atom is -0.449 e. The number of alkyl carbamates (subject to hydrolysis) is 1. The Balaban J connectivity index is 3.52. The van der Waals surface area contributed by atoms with E-state index in [-0.39, 0.29) is 6.09 Å². The number of carbonyl (C=O) groups excluding carboxylic acids is 1. The largest absolute Gasteiger partial charge is 0.449 e. The Labute approximate surface area is 106 Å². The maximum Gasteiger partial charge on any atom is 0.407 e. The fourth-order valence-electron chi connectivity index (χ4n) is 1.71. The smallest absolute Gasteiger partial charge is 0.407 e. The molecular weight excluding hydrogens is 214 g/mol. The molecular formula is C14H29NO2. The van der Waals surface area contributed by atoms with Crippen molar-refractivity contribution in [3.8, 4) is 0 Å². The SMILES string of the molecule is CCCCCNC(=O)OCC(CC)CCCC. The van der Waals surface area contributed by atoms with Crippen molar-refractivity contribution in [1.82, 2.24) is 5.32 Å². The standard InChI is InChI=1S/C14H29NO2/c1-4-7-9-11-15-14(16)17-12-13(6-3)10-8-5-2/h13H,4-12H2,1-3H3,(H,15,16). The second-order valence-corrected chi connectivity index (χ2v) is 4.65. The van der Waals surface area contributed by atoms with Gasteiger partial charge in [-0.05, 0) is 18.8 Å². The van der Waals surface area contributed by atoms with Gasteiger partial charge in [0, 0.05) is 6.54 Å². The van der Waals surface area contributed by atoms with Gasteiger partial charge < -0.3 is 10.1 Å². The number of nitrogens with one attached hydrogen (secondary N) is 1. The van der Waals surface area contributed by atoms with E-state index in [4.69, 9.17) is 4.74 Å². The monoisotopic (exact) mass is 243 g/mol. The zero-order chi connectivity index (χ0) is 12.9. The van der Waals surface area contributed by atoms with Crippen LogP contribution in [0.4, 0.5) is 4.79 Å². The van der Waals surface area contributed by atoms with Gasteiger partial charge in [-0.25, -0.2) is 4.79 Å². The first-order valence-electron chi connectivity index (χ1n) is 7.15. The maximum atomic E-state index is 11.4. The predicted molar refractivity (Wildman–Crippen MR) is 72.2 cm³/mol. The van der Waals surface area contributed by atoms with E-state index >= 15 is 0 Å². The van der Waals surface area contributed by atoms with Crippen LogP contribution in [0.1, 0.15) is 65.7 Å². The highest BCUT2D eigenvalue weighted by atomic mass is 16.5. The van der Waals surface area contributed by atoms with E-state index in [1.54, 1.807) is 0 Å². The number of hydrogen-bond acceptors (Lipinski definition) is 2. The van der Waals surface area contributed by atoms with Crippen LogP contribution in [0.3, 0.4) is 0 Å². The van der Waals surface area contributed by atoms with Gasteiger partial charge in [-0.15, -0.1) is 0 Å². The van der Waals surface area contributed by atoms with Gasteiger partial charge in [0.05, 0.1) is 6.61 Å². The molecule has 0 aromatic rings. The molecule has 0 saturated carbocycles. The highest BCUT2D eigenvalue weighted by Crippen LogP contribution is 2.12. The van der Waals surface area contributed by atoms with Gasteiger partial charge in [0.1, 0.15) is 0 Å². The summed E-state index contributed by atoms with van der Waals surface area (Å²) in [6.07, 6.45) is 7.80. The van der Waals surface area contributed by atoms with Crippen molar-refractivity contribution < 1.29 is 9.53 Å². The third-order valence-corrected chi connectivity index (χ3v) is 3.04. The van der Waals surface area contributed by atoms with Gasteiger partial charge in [0.25, 0.3) is 0 Å². The third-order valence-electron chi connectivity index (χ3n) is 3.04. The summed E-state index contributed by atoms with van der Waals surface area (Å²) in [6, 6.07) is 0. The van der Waals surface area contributed by atoms with Crippen LogP contribution < -0.4 is 5.32 Å². The third kappa shape index (κ3) is 10.2. The van der Waals surface area contributed by atoms with Crippen molar-refractivity contribution in [2.45, 2.75) is 65.7 Å². The Morgan fingerprint density at radius 3 is 2.41 bits per heavy atom. The minimum atomic E-state index is -0.254. The van der Waals surface area contributed by atoms with Crippen molar-refractivity contribution in [1.29, 1.82) is 0 Å². The van der Waals surface area contributed by atoms with Crippen LogP contribution in [0.2, 0.25) is 0 Å². The molecule has 1 unspecified atom stereocenters. The molecule has 0 bridgehead atoms. The van der Waals surface area contributed by atoms with Crippen LogP contribution in [0, 0.1) is 5.92 Å². The number of ether oxygens (including phenoxy) is 1. The lowest BCUT2D eigenvalue weighted by molar-refractivity contribution is 0.122. The predicted octanol–water partition coefficient (Wildman–Crippen LogP) is 4.12. The van der Waals surface area contributed by atoms with Gasteiger partial charge >= 0.3 is 6.09 Å². The summed E-state index contributed by atoms with van der Waals surface area (Å²) in [5.41, 5.74) is 0. The fourth-order valence-corrected chi connectivity index (χ4v) is 1.71. The maximum absolute atomic E-state index is 11.4. The van der Waals surface area contributed by atoms with E-state index in [0.717, 1.165) is 32.2 Å². The molecule has 0 aliphatic heterocycles. The summed E-state index contributed by atoms with van der Waals surface area (Å²) in [6.45, 7) is 7.79. The second kappa shape index (κ2) is 11.7. The van der Waals surface area contributed by atoms with Gasteiger partial charge in [-0.3, -0.25) is 0 Å². The molecule has 3 nitrogen and oxygen atoms in total. The average molecular weight is 243 g/mol. The van der Waals surface area contributed by atoms with E-state index in [1.807, 2.05) is 0 Å². The zero-order valence-electron chi connectivity index (χ0n) is 11.8. The Morgan fingerprint density at radius 1 is 1.12 bits per heavy atom. The lowest BCUT2D eigenvalue weighted by atomic mass is 10.0. The first kappa shape index (κ1) is 16.3. The number of rotatable bonds is 10. The molecule has 0 rings (SSSR count).